The number of rotatable bonds is 15. The average Bonchev–Trinajstić information content (AvgIpc) is 3.89. The Hall–Kier alpha value is -5.40. The Morgan fingerprint density at radius 3 is 0.948 bits per heavy atom. The number of esters is 8. The maximum Gasteiger partial charge on any atom is 0.338 e. The summed E-state index contributed by atoms with van der Waals surface area (Å²) in [6.45, 7) is 6.16. The number of carbonyl (C=O) groups excluding carboxylic acids is 8. The van der Waals surface area contributed by atoms with Gasteiger partial charge < -0.3 is 73.6 Å². The van der Waals surface area contributed by atoms with Gasteiger partial charge in [0.2, 0.25) is 0 Å². The molecule has 4 unspecified atom stereocenters. The van der Waals surface area contributed by atoms with Gasteiger partial charge in [-0.05, 0) is 27.7 Å². The molecule has 58 heavy (non-hydrogen) atoms. The molecule has 2 rings (SSSR count). The number of hydrogen-bond donors (Lipinski definition) is 7. The maximum atomic E-state index is 10.7. The summed E-state index contributed by atoms with van der Waals surface area (Å²) in [5, 5.41) is 59.4. The van der Waals surface area contributed by atoms with Gasteiger partial charge in [-0.3, -0.25) is 0 Å². The van der Waals surface area contributed by atoms with Crippen LogP contribution in [0.3, 0.4) is 0 Å². The fourth-order valence-electron chi connectivity index (χ4n) is 2.01. The number of methoxy groups -OCH3 is 3. The molecule has 2 aliphatic rings. The van der Waals surface area contributed by atoms with E-state index in [0.717, 1.165) is 55.2 Å². The van der Waals surface area contributed by atoms with Crippen LogP contribution in [0.1, 0.15) is 27.7 Å². The molecule has 0 aromatic heterocycles. The Kier molecular flexibility index (Phi) is 39.3. The first-order valence-corrected chi connectivity index (χ1v) is 16.5. The van der Waals surface area contributed by atoms with Crippen LogP contribution in [0.4, 0.5) is 0 Å². The molecule has 332 valence electrons. The van der Waals surface area contributed by atoms with Crippen LogP contribution in [0.5, 0.6) is 0 Å². The summed E-state index contributed by atoms with van der Waals surface area (Å²) in [7, 11) is 3.61. The van der Waals surface area contributed by atoms with Gasteiger partial charge in [0.1, 0.15) is 32.0 Å². The molecular weight excluding hydrogens is 788 g/mol. The number of carbonyl (C=O) groups is 8. The molecule has 0 amide bonds. The summed E-state index contributed by atoms with van der Waals surface area (Å²) in [5.41, 5.74) is 0. The number of ether oxygens (including phenoxy) is 8. The molecule has 7 N–H and O–H groups in total. The van der Waals surface area contributed by atoms with Gasteiger partial charge in [0.25, 0.3) is 0 Å². The van der Waals surface area contributed by atoms with E-state index in [9.17, 15) is 38.4 Å². The number of cyclic esters (lactones) is 2. The largest absolute Gasteiger partial charge is 0.466 e. The third-order valence-electron chi connectivity index (χ3n) is 4.95. The normalized spacial score (nSPS) is 15.8. The predicted octanol–water partition coefficient (Wildman–Crippen LogP) is -3.36. The summed E-state index contributed by atoms with van der Waals surface area (Å²) in [5.74, 6) is -5.11. The highest BCUT2D eigenvalue weighted by Crippen LogP contribution is 2.04. The van der Waals surface area contributed by atoms with Gasteiger partial charge in [-0.2, -0.15) is 0 Å². The van der Waals surface area contributed by atoms with Crippen LogP contribution in [-0.4, -0.2) is 181 Å². The quantitative estimate of drug-likeness (QED) is 0.0278. The molecule has 23 heteroatoms. The second-order valence-corrected chi connectivity index (χ2v) is 10.7. The fourth-order valence-corrected chi connectivity index (χ4v) is 2.01. The molecule has 0 bridgehead atoms. The highest BCUT2D eigenvalue weighted by Gasteiger charge is 2.13. The van der Waals surface area contributed by atoms with E-state index in [-0.39, 0.29) is 19.8 Å². The van der Waals surface area contributed by atoms with E-state index in [1.807, 2.05) is 0 Å². The van der Waals surface area contributed by atoms with Crippen LogP contribution in [-0.2, 0) is 76.3 Å². The molecule has 1 fully saturated rings. The maximum absolute atomic E-state index is 10.7. The van der Waals surface area contributed by atoms with Gasteiger partial charge in [-0.1, -0.05) is 0 Å². The highest BCUT2D eigenvalue weighted by atomic mass is 16.6. The van der Waals surface area contributed by atoms with Gasteiger partial charge in [0, 0.05) is 48.6 Å². The molecule has 0 radical (unpaired) electrons. The molecule has 1 saturated heterocycles. The summed E-state index contributed by atoms with van der Waals surface area (Å²) in [6, 6.07) is 0. The molecule has 2 heterocycles. The van der Waals surface area contributed by atoms with E-state index >= 15 is 0 Å². The predicted molar refractivity (Wildman–Crippen MR) is 193 cm³/mol. The molecule has 0 aromatic carbocycles. The van der Waals surface area contributed by atoms with Gasteiger partial charge in [0.15, 0.2) is 0 Å². The Morgan fingerprint density at radius 1 is 0.586 bits per heavy atom. The summed E-state index contributed by atoms with van der Waals surface area (Å²) < 4.78 is 35.0. The lowest BCUT2D eigenvalue weighted by atomic mass is 10.2. The van der Waals surface area contributed by atoms with Crippen molar-refractivity contribution in [3.63, 3.8) is 0 Å². The van der Waals surface area contributed by atoms with Crippen LogP contribution < -0.4 is 0 Å². The van der Waals surface area contributed by atoms with Crippen molar-refractivity contribution < 1.29 is 112 Å². The molecule has 0 aromatic rings. The number of hydrogen-bond acceptors (Lipinski definition) is 23. The first kappa shape index (κ1) is 59.3. The zero-order valence-electron chi connectivity index (χ0n) is 33.0. The minimum atomic E-state index is -1.22. The van der Waals surface area contributed by atoms with Gasteiger partial charge >= 0.3 is 47.8 Å². The first-order chi connectivity index (χ1) is 27.1. The third-order valence-corrected chi connectivity index (χ3v) is 4.95. The van der Waals surface area contributed by atoms with Crippen molar-refractivity contribution in [2.75, 3.05) is 61.0 Å². The summed E-state index contributed by atoms with van der Waals surface area (Å²) in [4.78, 5) is 83.5. The smallest absolute Gasteiger partial charge is 0.338 e. The Morgan fingerprint density at radius 2 is 0.810 bits per heavy atom. The second-order valence-electron chi connectivity index (χ2n) is 10.7. The second kappa shape index (κ2) is 38.5. The van der Waals surface area contributed by atoms with E-state index in [1.54, 1.807) is 0 Å². The Labute approximate surface area is 333 Å². The van der Waals surface area contributed by atoms with E-state index < -0.39 is 91.5 Å². The lowest BCUT2D eigenvalue weighted by molar-refractivity contribution is -0.150. The standard InChI is InChI=1S/3C8H12O5.C4H10O4.C4H2O3.C3H6O/c3*1-6(9)5-13-8(11)4-3-7(10)12-2;5-1-3(7)4(8)2-6;5-3-1-2-4(6)7-3;1-3-2-4-3/h3*3-4,6,9H,5H2,1-2H3;3-8H,1-2H2;1-2H;3H,2H2,1H3/b4-3+;2*4-3-;;;/t;;;3-,4+;;. The lowest BCUT2D eigenvalue weighted by Crippen LogP contribution is -2.31. The molecule has 23 nitrogen and oxygen atoms in total. The minimum absolute atomic E-state index is 0.0929. The topological polar surface area (TPSA) is 355 Å². The van der Waals surface area contributed by atoms with Crippen LogP contribution in [0, 0.1) is 0 Å². The van der Waals surface area contributed by atoms with Crippen molar-refractivity contribution in [2.24, 2.45) is 0 Å². The van der Waals surface area contributed by atoms with Crippen molar-refractivity contribution >= 4 is 47.8 Å². The van der Waals surface area contributed by atoms with Crippen LogP contribution in [0.2, 0.25) is 0 Å². The zero-order valence-corrected chi connectivity index (χ0v) is 33.0. The van der Waals surface area contributed by atoms with Crippen molar-refractivity contribution in [1.82, 2.24) is 0 Å². The van der Waals surface area contributed by atoms with Gasteiger partial charge in [-0.25, -0.2) is 38.4 Å². The van der Waals surface area contributed by atoms with Crippen LogP contribution in [0.25, 0.3) is 0 Å². The van der Waals surface area contributed by atoms with Gasteiger partial charge in [-0.15, -0.1) is 0 Å². The number of epoxide rings is 1. The van der Waals surface area contributed by atoms with Crippen molar-refractivity contribution in [3.8, 4) is 0 Å². The number of aliphatic hydroxyl groups is 7. The molecule has 0 spiro atoms. The zero-order chi connectivity index (χ0) is 45.6. The Balaban J connectivity index is -0.000000311. The van der Waals surface area contributed by atoms with E-state index in [4.69, 9.17) is 40.5 Å². The van der Waals surface area contributed by atoms with Crippen molar-refractivity contribution in [1.29, 1.82) is 0 Å². The van der Waals surface area contributed by atoms with Crippen LogP contribution in [0.15, 0.2) is 48.6 Å². The summed E-state index contributed by atoms with van der Waals surface area (Å²) >= 11 is 0. The molecular formula is C35H54O23. The third kappa shape index (κ3) is 48.6. The van der Waals surface area contributed by atoms with Gasteiger partial charge in [0.05, 0.1) is 65.6 Å². The van der Waals surface area contributed by atoms with E-state index in [2.05, 4.69) is 40.1 Å². The molecule has 0 aliphatic carbocycles. The lowest BCUT2D eigenvalue weighted by Gasteiger charge is -2.10. The molecule has 6 atom stereocenters. The fraction of sp³-hybridized carbons (Fsp3) is 0.543. The highest BCUT2D eigenvalue weighted by molar-refractivity contribution is 6.05. The number of aliphatic hydroxyl groups excluding tert-OH is 7. The molecule has 0 saturated carbocycles. The van der Waals surface area contributed by atoms with E-state index in [1.165, 1.54) is 42.1 Å². The summed E-state index contributed by atoms with van der Waals surface area (Å²) in [6.07, 6.45) is 3.84. The van der Waals surface area contributed by atoms with Crippen molar-refractivity contribution in [2.45, 2.75) is 64.3 Å². The Bertz CT molecular complexity index is 1190. The SMILES string of the molecule is CC1CO1.COC(=O)/C=C/C(=O)OCC(C)O.COC(=O)/C=C\C(=O)OCC(C)O.COC(=O)/C=C\C(=O)OCC(C)O.O=C1C=CC(=O)O1.OC[C@@H](O)[C@@H](O)CO. The average molecular weight is 843 g/mol. The van der Waals surface area contributed by atoms with Crippen molar-refractivity contribution in [3.05, 3.63) is 48.6 Å². The monoisotopic (exact) mass is 842 g/mol. The molecule has 2 aliphatic heterocycles. The van der Waals surface area contributed by atoms with Crippen LogP contribution >= 0.6 is 0 Å². The van der Waals surface area contributed by atoms with E-state index in [0.29, 0.717) is 6.10 Å². The minimum Gasteiger partial charge on any atom is -0.466 e. The first-order valence-electron chi connectivity index (χ1n) is 16.5.